The molecule has 0 aromatic heterocycles. The van der Waals surface area contributed by atoms with Gasteiger partial charge in [0.25, 0.3) is 5.91 Å². The Bertz CT molecular complexity index is 1360. The molecule has 1 N–H and O–H groups in total. The first-order valence-electron chi connectivity index (χ1n) is 12.4. The third-order valence-electron chi connectivity index (χ3n) is 6.12. The second-order valence-electron chi connectivity index (χ2n) is 8.77. The fraction of sp³-hybridized carbons (Fsp3) is 0.286. The summed E-state index contributed by atoms with van der Waals surface area (Å²) in [6, 6.07) is 22.7. The van der Waals surface area contributed by atoms with Crippen LogP contribution in [0.25, 0.3) is 0 Å². The van der Waals surface area contributed by atoms with Crippen molar-refractivity contribution in [2.24, 2.45) is 0 Å². The van der Waals surface area contributed by atoms with E-state index < -0.39 is 28.6 Å². The van der Waals surface area contributed by atoms with E-state index in [2.05, 4.69) is 5.32 Å². The van der Waals surface area contributed by atoms with Crippen molar-refractivity contribution >= 4 is 27.5 Å². The van der Waals surface area contributed by atoms with Gasteiger partial charge in [0.15, 0.2) is 6.10 Å². The van der Waals surface area contributed by atoms with Crippen LogP contribution >= 0.6 is 0 Å². The van der Waals surface area contributed by atoms with Crippen LogP contribution in [0.5, 0.6) is 11.5 Å². The number of nitrogens with one attached hydrogen (secondary N) is 1. The minimum absolute atomic E-state index is 0.0377. The number of fused-ring (bicyclic) bond motifs is 1. The number of rotatable bonds is 10. The van der Waals surface area contributed by atoms with Gasteiger partial charge < -0.3 is 19.7 Å². The molecule has 0 bridgehead atoms. The second-order valence-corrected chi connectivity index (χ2v) is 10.8. The average molecular weight is 538 g/mol. The number of amides is 2. The Kier molecular flexibility index (Phi) is 8.65. The van der Waals surface area contributed by atoms with Gasteiger partial charge in [-0.25, -0.2) is 8.42 Å². The number of hydrogen-bond donors (Lipinski definition) is 1. The number of benzene rings is 3. The van der Waals surface area contributed by atoms with Gasteiger partial charge in [0.1, 0.15) is 11.5 Å². The van der Waals surface area contributed by atoms with Crippen LogP contribution in [0.2, 0.25) is 0 Å². The third-order valence-corrected chi connectivity index (χ3v) is 7.94. The largest absolute Gasteiger partial charge is 0.494 e. The van der Waals surface area contributed by atoms with Gasteiger partial charge in [-0.05, 0) is 55.3 Å². The molecule has 0 spiro atoms. The Morgan fingerprint density at radius 2 is 1.71 bits per heavy atom. The minimum atomic E-state index is -3.93. The van der Waals surface area contributed by atoms with Crippen LogP contribution in [-0.2, 0) is 26.0 Å². The Labute approximate surface area is 223 Å². The summed E-state index contributed by atoms with van der Waals surface area (Å²) in [5, 5.41) is 2.87. The van der Waals surface area contributed by atoms with Crippen molar-refractivity contribution in [1.29, 1.82) is 0 Å². The zero-order chi connectivity index (χ0) is 27.1. The van der Waals surface area contributed by atoms with Gasteiger partial charge >= 0.3 is 0 Å². The number of hydrogen-bond acceptors (Lipinski definition) is 6. The molecule has 0 radical (unpaired) electrons. The van der Waals surface area contributed by atoms with E-state index in [1.54, 1.807) is 36.4 Å². The lowest BCUT2D eigenvalue weighted by molar-refractivity contribution is -0.128. The molecule has 10 heteroatoms. The van der Waals surface area contributed by atoms with E-state index in [1.807, 2.05) is 37.3 Å². The molecular weight excluding hydrogens is 506 g/mol. The van der Waals surface area contributed by atoms with E-state index >= 15 is 0 Å². The summed E-state index contributed by atoms with van der Waals surface area (Å²) in [7, 11) is -2.58. The predicted octanol–water partition coefficient (Wildman–Crippen LogP) is 2.86. The first-order chi connectivity index (χ1) is 18.3. The van der Waals surface area contributed by atoms with Gasteiger partial charge in [0, 0.05) is 13.6 Å². The van der Waals surface area contributed by atoms with Gasteiger partial charge in [0.2, 0.25) is 15.9 Å². The van der Waals surface area contributed by atoms with Crippen molar-refractivity contribution in [2.75, 3.05) is 38.2 Å². The quantitative estimate of drug-likeness (QED) is 0.427. The fourth-order valence-corrected chi connectivity index (χ4v) is 5.23. The van der Waals surface area contributed by atoms with E-state index in [1.165, 1.54) is 24.1 Å². The lowest BCUT2D eigenvalue weighted by Crippen LogP contribution is -2.52. The Morgan fingerprint density at radius 1 is 1.03 bits per heavy atom. The summed E-state index contributed by atoms with van der Waals surface area (Å²) in [5.41, 5.74) is 1.58. The molecule has 0 unspecified atom stereocenters. The number of nitrogens with zero attached hydrogens (tertiary/aromatic N) is 2. The zero-order valence-electron chi connectivity index (χ0n) is 21.4. The van der Waals surface area contributed by atoms with Crippen molar-refractivity contribution in [3.05, 3.63) is 84.4 Å². The Balaban J connectivity index is 1.44. The number of ether oxygens (including phenoxy) is 2. The number of carbonyl (C=O) groups excluding carboxylic acids is 2. The highest BCUT2D eigenvalue weighted by molar-refractivity contribution is 7.89. The average Bonchev–Trinajstić information content (AvgIpc) is 2.93. The molecule has 0 aliphatic carbocycles. The van der Waals surface area contributed by atoms with Crippen LogP contribution in [0.1, 0.15) is 12.5 Å². The predicted molar refractivity (Wildman–Crippen MR) is 144 cm³/mol. The maximum atomic E-state index is 13.4. The Hall–Kier alpha value is -3.89. The zero-order valence-corrected chi connectivity index (χ0v) is 22.2. The summed E-state index contributed by atoms with van der Waals surface area (Å²) < 4.78 is 38.5. The maximum absolute atomic E-state index is 13.4. The summed E-state index contributed by atoms with van der Waals surface area (Å²) >= 11 is 0. The summed E-state index contributed by atoms with van der Waals surface area (Å²) in [4.78, 5) is 27.7. The monoisotopic (exact) mass is 537 g/mol. The van der Waals surface area contributed by atoms with Gasteiger partial charge in [-0.2, -0.15) is 4.31 Å². The molecule has 3 aromatic rings. The Morgan fingerprint density at radius 3 is 2.42 bits per heavy atom. The summed E-state index contributed by atoms with van der Waals surface area (Å²) in [5.74, 6) is 0.124. The molecular formula is C28H31N3O6S. The molecule has 9 nitrogen and oxygen atoms in total. The van der Waals surface area contributed by atoms with Crippen LogP contribution in [-0.4, -0.2) is 63.9 Å². The molecule has 1 heterocycles. The SMILES string of the molecule is CCOc1ccc(S(=O)(=O)N(C)CC(=O)N2C[C@@H](C(=O)NCCc3ccccc3)Oc3ccccc32)cc1. The normalized spacial score (nSPS) is 14.9. The number of anilines is 1. The van der Waals surface area contributed by atoms with Crippen molar-refractivity contribution in [2.45, 2.75) is 24.3 Å². The van der Waals surface area contributed by atoms with Crippen LogP contribution in [0.3, 0.4) is 0 Å². The molecule has 0 saturated heterocycles. The molecule has 1 aliphatic heterocycles. The van der Waals surface area contributed by atoms with Crippen molar-refractivity contribution in [3.8, 4) is 11.5 Å². The van der Waals surface area contributed by atoms with E-state index in [0.717, 1.165) is 9.87 Å². The van der Waals surface area contributed by atoms with E-state index in [4.69, 9.17) is 9.47 Å². The lowest BCUT2D eigenvalue weighted by atomic mass is 10.1. The van der Waals surface area contributed by atoms with Crippen LogP contribution in [0, 0.1) is 0 Å². The molecule has 1 aliphatic rings. The van der Waals surface area contributed by atoms with Gasteiger partial charge in [-0.3, -0.25) is 9.59 Å². The van der Waals surface area contributed by atoms with Gasteiger partial charge in [-0.15, -0.1) is 0 Å². The van der Waals surface area contributed by atoms with E-state index in [0.29, 0.717) is 36.8 Å². The van der Waals surface area contributed by atoms with E-state index in [-0.39, 0.29) is 17.3 Å². The second kappa shape index (κ2) is 12.1. The van der Waals surface area contributed by atoms with Crippen molar-refractivity contribution in [3.63, 3.8) is 0 Å². The lowest BCUT2D eigenvalue weighted by Gasteiger charge is -2.35. The van der Waals surface area contributed by atoms with Crippen LogP contribution < -0.4 is 19.7 Å². The molecule has 0 fully saturated rings. The smallest absolute Gasteiger partial charge is 0.262 e. The van der Waals surface area contributed by atoms with Crippen molar-refractivity contribution < 1.29 is 27.5 Å². The topological polar surface area (TPSA) is 105 Å². The summed E-state index contributed by atoms with van der Waals surface area (Å²) in [6.07, 6.45) is -0.273. The molecule has 38 heavy (non-hydrogen) atoms. The first-order valence-corrected chi connectivity index (χ1v) is 13.8. The third kappa shape index (κ3) is 6.32. The molecule has 2 amide bonds. The molecule has 0 saturated carbocycles. The molecule has 200 valence electrons. The number of carbonyl (C=O) groups is 2. The fourth-order valence-electron chi connectivity index (χ4n) is 4.11. The molecule has 1 atom stereocenters. The number of sulfonamides is 1. The number of para-hydroxylation sites is 2. The number of likely N-dealkylation sites (N-methyl/N-ethyl adjacent to an activating group) is 1. The highest BCUT2D eigenvalue weighted by atomic mass is 32.2. The van der Waals surface area contributed by atoms with Gasteiger partial charge in [0.05, 0.1) is 30.3 Å². The summed E-state index contributed by atoms with van der Waals surface area (Å²) in [6.45, 7) is 2.28. The van der Waals surface area contributed by atoms with E-state index in [9.17, 15) is 18.0 Å². The van der Waals surface area contributed by atoms with Crippen molar-refractivity contribution in [1.82, 2.24) is 9.62 Å². The van der Waals surface area contributed by atoms with Crippen LogP contribution in [0.15, 0.2) is 83.8 Å². The highest BCUT2D eigenvalue weighted by Crippen LogP contribution is 2.33. The maximum Gasteiger partial charge on any atom is 0.262 e. The van der Waals surface area contributed by atoms with Gasteiger partial charge in [-0.1, -0.05) is 42.5 Å². The molecule has 4 rings (SSSR count). The standard InChI is InChI=1S/C28H31N3O6S/c1-3-36-22-13-15-23(16-14-22)38(34,35)30(2)20-27(32)31-19-26(37-25-12-8-7-11-24(25)31)28(33)29-18-17-21-9-5-4-6-10-21/h4-16,26H,3,17-20H2,1-2H3,(H,29,33)/t26-/m0/s1. The molecule has 3 aromatic carbocycles. The highest BCUT2D eigenvalue weighted by Gasteiger charge is 2.35. The van der Waals surface area contributed by atoms with Crippen LogP contribution in [0.4, 0.5) is 5.69 Å². The first kappa shape index (κ1) is 27.2. The minimum Gasteiger partial charge on any atom is -0.494 e.